The number of anilines is 1. The molecule has 0 saturated carbocycles. The highest BCUT2D eigenvalue weighted by atomic mass is 16.6. The zero-order valence-electron chi connectivity index (χ0n) is 25.0. The number of ether oxygens (including phenoxy) is 2. The summed E-state index contributed by atoms with van der Waals surface area (Å²) < 4.78 is 12.3. The Bertz CT molecular complexity index is 1430. The summed E-state index contributed by atoms with van der Waals surface area (Å²) >= 11 is 0. The van der Waals surface area contributed by atoms with Crippen LogP contribution in [0, 0.1) is 0 Å². The van der Waals surface area contributed by atoms with Crippen LogP contribution in [-0.2, 0) is 15.9 Å². The number of hydrogen-bond acceptors (Lipinski definition) is 8. The molecule has 11 nitrogen and oxygen atoms in total. The van der Waals surface area contributed by atoms with Gasteiger partial charge in [-0.3, -0.25) is 9.69 Å². The number of nitrogens with two attached hydrogens (primary N) is 1. The molecule has 1 atom stereocenters. The first kappa shape index (κ1) is 30.5. The third-order valence-corrected chi connectivity index (χ3v) is 6.98. The Morgan fingerprint density at radius 3 is 2.48 bits per heavy atom. The molecule has 1 saturated heterocycles. The first-order chi connectivity index (χ1) is 20.0. The fourth-order valence-corrected chi connectivity index (χ4v) is 4.93. The Kier molecular flexibility index (Phi) is 9.49. The number of benzene rings is 1. The van der Waals surface area contributed by atoms with Crippen LogP contribution in [0.25, 0.3) is 11.3 Å². The number of pyridine rings is 1. The lowest BCUT2D eigenvalue weighted by atomic mass is 10.1. The van der Waals surface area contributed by atoms with Gasteiger partial charge in [0, 0.05) is 23.9 Å². The van der Waals surface area contributed by atoms with Crippen LogP contribution in [0.4, 0.5) is 10.6 Å². The van der Waals surface area contributed by atoms with Gasteiger partial charge in [0.15, 0.2) is 11.5 Å². The topological polar surface area (TPSA) is 142 Å². The number of nitrogen functional groups attached to an aromatic ring is 1. The standard InChI is InChI=1S/C31H40N6O5/c1-6-20-16-17-33-24(19-20)34-28(38)22-14-12-21(13-15-22)25-26(29(39)41-7-2)37(32)27(35-25)23-11-9-8-10-18-36(23)30(40)42-31(3,4)5/h12-17,19,23H,6-11,18,32H2,1-5H3,(H,33,34,38). The molecule has 4 rings (SSSR count). The maximum atomic E-state index is 13.2. The maximum Gasteiger partial charge on any atom is 0.410 e. The Hall–Kier alpha value is -4.41. The Balaban J connectivity index is 1.68. The van der Waals surface area contributed by atoms with Gasteiger partial charge in [-0.2, -0.15) is 0 Å². The summed E-state index contributed by atoms with van der Waals surface area (Å²) in [5, 5.41) is 2.82. The van der Waals surface area contributed by atoms with E-state index in [1.807, 2.05) is 39.8 Å². The summed E-state index contributed by atoms with van der Waals surface area (Å²) in [6.07, 6.45) is 5.27. The molecule has 1 unspecified atom stereocenters. The average Bonchev–Trinajstić information content (AvgIpc) is 3.11. The molecule has 42 heavy (non-hydrogen) atoms. The van der Waals surface area contributed by atoms with Gasteiger partial charge in [-0.25, -0.2) is 24.2 Å². The molecule has 1 aliphatic rings. The minimum Gasteiger partial charge on any atom is -0.461 e. The van der Waals surface area contributed by atoms with E-state index in [-0.39, 0.29) is 18.2 Å². The highest BCUT2D eigenvalue weighted by Gasteiger charge is 2.36. The molecule has 1 aromatic carbocycles. The first-order valence-corrected chi connectivity index (χ1v) is 14.4. The van der Waals surface area contributed by atoms with E-state index in [1.54, 1.807) is 42.3 Å². The van der Waals surface area contributed by atoms with Crippen molar-refractivity contribution in [1.82, 2.24) is 19.5 Å². The maximum absolute atomic E-state index is 13.2. The molecule has 0 aliphatic carbocycles. The molecule has 11 heteroatoms. The number of aryl methyl sites for hydroxylation is 1. The smallest absolute Gasteiger partial charge is 0.410 e. The summed E-state index contributed by atoms with van der Waals surface area (Å²) in [7, 11) is 0. The minimum atomic E-state index is -0.670. The van der Waals surface area contributed by atoms with Crippen molar-refractivity contribution in [3.8, 4) is 11.3 Å². The number of nitrogens with zero attached hydrogens (tertiary/aromatic N) is 4. The largest absolute Gasteiger partial charge is 0.461 e. The second-order valence-corrected chi connectivity index (χ2v) is 11.2. The Labute approximate surface area is 246 Å². The molecule has 2 aromatic heterocycles. The van der Waals surface area contributed by atoms with E-state index in [4.69, 9.17) is 20.3 Å². The number of amides is 2. The van der Waals surface area contributed by atoms with Crippen LogP contribution in [-0.4, -0.2) is 56.3 Å². The number of hydrogen-bond donors (Lipinski definition) is 2. The van der Waals surface area contributed by atoms with Gasteiger partial charge in [0.1, 0.15) is 17.1 Å². The van der Waals surface area contributed by atoms with Crippen LogP contribution < -0.4 is 11.2 Å². The number of esters is 1. The van der Waals surface area contributed by atoms with Crippen molar-refractivity contribution in [1.29, 1.82) is 0 Å². The van der Waals surface area contributed by atoms with E-state index in [2.05, 4.69) is 10.3 Å². The molecular weight excluding hydrogens is 536 g/mol. The van der Waals surface area contributed by atoms with Crippen molar-refractivity contribution >= 4 is 23.8 Å². The fraction of sp³-hybridized carbons (Fsp3) is 0.452. The minimum absolute atomic E-state index is 0.0676. The molecule has 224 valence electrons. The van der Waals surface area contributed by atoms with Gasteiger partial charge in [0.05, 0.1) is 12.6 Å². The summed E-state index contributed by atoms with van der Waals surface area (Å²) in [5.74, 6) is 6.43. The van der Waals surface area contributed by atoms with Gasteiger partial charge in [0.2, 0.25) is 0 Å². The lowest BCUT2D eigenvalue weighted by Crippen LogP contribution is -2.40. The second kappa shape index (κ2) is 13.1. The predicted octanol–water partition coefficient (Wildman–Crippen LogP) is 5.50. The normalized spacial score (nSPS) is 15.5. The van der Waals surface area contributed by atoms with Crippen molar-refractivity contribution in [3.63, 3.8) is 0 Å². The Morgan fingerprint density at radius 2 is 1.81 bits per heavy atom. The molecule has 3 N–H and O–H groups in total. The molecule has 0 spiro atoms. The molecule has 1 fully saturated rings. The van der Waals surface area contributed by atoms with E-state index in [1.165, 1.54) is 4.68 Å². The van der Waals surface area contributed by atoms with E-state index in [0.29, 0.717) is 41.4 Å². The van der Waals surface area contributed by atoms with E-state index in [0.717, 1.165) is 31.2 Å². The van der Waals surface area contributed by atoms with Gasteiger partial charge in [-0.1, -0.05) is 31.9 Å². The van der Waals surface area contributed by atoms with Gasteiger partial charge in [-0.15, -0.1) is 0 Å². The molecule has 2 amide bonds. The number of nitrogens with one attached hydrogen (secondary N) is 1. The van der Waals surface area contributed by atoms with Gasteiger partial charge >= 0.3 is 12.1 Å². The Morgan fingerprint density at radius 1 is 1.07 bits per heavy atom. The summed E-state index contributed by atoms with van der Waals surface area (Å²) in [5.41, 5.74) is 1.75. The molecule has 0 bridgehead atoms. The summed E-state index contributed by atoms with van der Waals surface area (Å²) in [6, 6.07) is 9.95. The molecule has 1 aliphatic heterocycles. The number of rotatable bonds is 7. The van der Waals surface area contributed by atoms with Crippen LogP contribution in [0.5, 0.6) is 0 Å². The number of likely N-dealkylation sites (tertiary alicyclic amines) is 1. The fourth-order valence-electron chi connectivity index (χ4n) is 4.93. The molecule has 0 radical (unpaired) electrons. The van der Waals surface area contributed by atoms with Gasteiger partial charge < -0.3 is 20.6 Å². The average molecular weight is 577 g/mol. The lowest BCUT2D eigenvalue weighted by molar-refractivity contribution is 0.0153. The van der Waals surface area contributed by atoms with Gasteiger partial charge in [-0.05, 0) is 76.8 Å². The third kappa shape index (κ3) is 7.07. The SMILES string of the molecule is CCOC(=O)c1c(-c2ccc(C(=O)Nc3cc(CC)ccn3)cc2)nc(C2CCCCCN2C(=O)OC(C)(C)C)n1N. The highest BCUT2D eigenvalue weighted by Crippen LogP contribution is 2.34. The molecule has 3 aromatic rings. The number of aromatic nitrogens is 3. The van der Waals surface area contributed by atoms with Crippen LogP contribution >= 0.6 is 0 Å². The second-order valence-electron chi connectivity index (χ2n) is 11.2. The number of imidazole rings is 1. The van der Waals surface area contributed by atoms with E-state index >= 15 is 0 Å². The van der Waals surface area contributed by atoms with E-state index in [9.17, 15) is 14.4 Å². The zero-order valence-corrected chi connectivity index (χ0v) is 25.0. The zero-order chi connectivity index (χ0) is 30.4. The van der Waals surface area contributed by atoms with Crippen LogP contribution in [0.2, 0.25) is 0 Å². The van der Waals surface area contributed by atoms with Crippen LogP contribution in [0.1, 0.15) is 98.6 Å². The lowest BCUT2D eigenvalue weighted by Gasteiger charge is -2.31. The van der Waals surface area contributed by atoms with Crippen molar-refractivity contribution < 1.29 is 23.9 Å². The van der Waals surface area contributed by atoms with Crippen molar-refractivity contribution in [2.45, 2.75) is 78.4 Å². The van der Waals surface area contributed by atoms with Crippen molar-refractivity contribution in [2.75, 3.05) is 24.3 Å². The first-order valence-electron chi connectivity index (χ1n) is 14.4. The van der Waals surface area contributed by atoms with Crippen molar-refractivity contribution in [3.05, 3.63) is 65.2 Å². The van der Waals surface area contributed by atoms with Crippen molar-refractivity contribution in [2.24, 2.45) is 0 Å². The molecular formula is C31H40N6O5. The monoisotopic (exact) mass is 576 g/mol. The number of carbonyl (C=O) groups is 3. The summed E-state index contributed by atoms with van der Waals surface area (Å²) in [6.45, 7) is 9.84. The van der Waals surface area contributed by atoms with Crippen LogP contribution in [0.3, 0.4) is 0 Å². The summed E-state index contributed by atoms with van der Waals surface area (Å²) in [4.78, 5) is 49.9. The van der Waals surface area contributed by atoms with E-state index < -0.39 is 23.7 Å². The van der Waals surface area contributed by atoms with Gasteiger partial charge in [0.25, 0.3) is 5.91 Å². The molecule has 3 heterocycles. The highest BCUT2D eigenvalue weighted by molar-refractivity contribution is 6.04. The van der Waals surface area contributed by atoms with Crippen LogP contribution in [0.15, 0.2) is 42.6 Å². The predicted molar refractivity (Wildman–Crippen MR) is 159 cm³/mol. The number of carbonyl (C=O) groups excluding carboxylic acids is 3. The quantitative estimate of drug-likeness (QED) is 0.277. The third-order valence-electron chi connectivity index (χ3n) is 6.98.